The van der Waals surface area contributed by atoms with Crippen LogP contribution in [0.15, 0.2) is 152 Å². The highest BCUT2D eigenvalue weighted by molar-refractivity contribution is 6.05. The van der Waals surface area contributed by atoms with Gasteiger partial charge in [-0.2, -0.15) is 0 Å². The molecule has 0 N–H and O–H groups in total. The number of hydrogen-bond donors (Lipinski definition) is 0. The molecule has 0 bridgehead atoms. The minimum Gasteiger partial charge on any atom is -0.264 e. The zero-order valence-corrected chi connectivity index (χ0v) is 25.0. The number of aromatic nitrogens is 2. The molecule has 45 heavy (non-hydrogen) atoms. The predicted octanol–water partition coefficient (Wildman–Crippen LogP) is 9.24. The molecule has 0 amide bonds. The van der Waals surface area contributed by atoms with E-state index in [2.05, 4.69) is 133 Å². The van der Waals surface area contributed by atoms with Crippen LogP contribution in [0, 0.1) is 6.92 Å². The van der Waals surface area contributed by atoms with Crippen molar-refractivity contribution in [1.82, 2.24) is 9.97 Å². The lowest BCUT2D eigenvalue weighted by atomic mass is 9.89. The maximum Gasteiger partial charge on any atom is 0.0781 e. The molecule has 2 aromatic heterocycles. The van der Waals surface area contributed by atoms with Gasteiger partial charge in [0.2, 0.25) is 0 Å². The van der Waals surface area contributed by atoms with Crippen LogP contribution in [0.2, 0.25) is 0 Å². The second-order valence-electron chi connectivity index (χ2n) is 11.5. The molecule has 212 valence electrons. The van der Waals surface area contributed by atoms with Gasteiger partial charge in [0.15, 0.2) is 0 Å². The van der Waals surface area contributed by atoms with Crippen LogP contribution in [0.5, 0.6) is 0 Å². The largest absolute Gasteiger partial charge is 0.264 e. The fourth-order valence-electron chi connectivity index (χ4n) is 6.70. The van der Waals surface area contributed by atoms with Crippen molar-refractivity contribution in [2.75, 3.05) is 0 Å². The number of nitrogens with zero attached hydrogens (tertiary/aromatic N) is 2. The van der Waals surface area contributed by atoms with Gasteiger partial charge in [0.1, 0.15) is 0 Å². The van der Waals surface area contributed by atoms with Gasteiger partial charge in [-0.15, -0.1) is 0 Å². The monoisotopic (exact) mass is 574 g/mol. The molecular formula is C43H30N2. The van der Waals surface area contributed by atoms with Gasteiger partial charge in [-0.05, 0) is 84.4 Å². The van der Waals surface area contributed by atoms with Crippen LogP contribution in [-0.4, -0.2) is 9.97 Å². The fourth-order valence-corrected chi connectivity index (χ4v) is 6.70. The second kappa shape index (κ2) is 11.0. The van der Waals surface area contributed by atoms with Gasteiger partial charge in [0.25, 0.3) is 0 Å². The normalized spacial score (nSPS) is 12.1. The second-order valence-corrected chi connectivity index (χ2v) is 11.5. The van der Waals surface area contributed by atoms with E-state index >= 15 is 0 Å². The van der Waals surface area contributed by atoms with Crippen LogP contribution in [0.4, 0.5) is 0 Å². The Balaban J connectivity index is 1.36. The highest BCUT2D eigenvalue weighted by atomic mass is 14.7. The first-order valence-electron chi connectivity index (χ1n) is 15.3. The molecule has 2 heterocycles. The molecule has 0 aliphatic rings. The summed E-state index contributed by atoms with van der Waals surface area (Å²) in [5.74, 6) is 0. The van der Waals surface area contributed by atoms with Crippen molar-refractivity contribution in [2.24, 2.45) is 0 Å². The van der Waals surface area contributed by atoms with E-state index in [1.807, 2.05) is 30.7 Å². The van der Waals surface area contributed by atoms with Gasteiger partial charge in [-0.1, -0.05) is 128 Å². The number of rotatable bonds is 4. The molecule has 0 unspecified atom stereocenters. The Morgan fingerprint density at radius 3 is 2.16 bits per heavy atom. The van der Waals surface area contributed by atoms with Crippen molar-refractivity contribution in [3.05, 3.63) is 179 Å². The maximum atomic E-state index is 4.74. The van der Waals surface area contributed by atoms with E-state index in [-0.39, 0.29) is 0 Å². The molecular weight excluding hydrogens is 544 g/mol. The first-order chi connectivity index (χ1) is 22.2. The Labute approximate surface area is 262 Å². The van der Waals surface area contributed by atoms with Crippen molar-refractivity contribution in [3.63, 3.8) is 0 Å². The summed E-state index contributed by atoms with van der Waals surface area (Å²) in [6, 6.07) is 47.7. The third kappa shape index (κ3) is 4.59. The van der Waals surface area contributed by atoms with E-state index in [0.29, 0.717) is 0 Å². The highest BCUT2D eigenvalue weighted by Gasteiger charge is 2.14. The molecule has 2 nitrogen and oxygen atoms in total. The summed E-state index contributed by atoms with van der Waals surface area (Å²) in [5.41, 5.74) is 9.25. The number of aryl methyl sites for hydroxylation is 1. The summed E-state index contributed by atoms with van der Waals surface area (Å²) in [7, 11) is 0. The Bertz CT molecular complexity index is 2500. The molecule has 6 aromatic carbocycles. The summed E-state index contributed by atoms with van der Waals surface area (Å²) in [6.45, 7) is 6.89. The van der Waals surface area contributed by atoms with Crippen LogP contribution < -0.4 is 10.4 Å². The van der Waals surface area contributed by atoms with Gasteiger partial charge in [0, 0.05) is 34.9 Å². The molecule has 2 heteroatoms. The molecule has 0 spiro atoms. The minimum absolute atomic E-state index is 0.961. The standard InChI is InChI=1S/C43H30N2/c1-28-9-3-5-12-34(28)42(31-17-19-32(20-18-31)43-38-24-25-44-27-33(38)23-26-45-43)36-21-22-41-35(29(36)2)14-8-16-40(41)39-15-7-11-30-10-4-6-13-37(30)39/h3-27H,2H2,1H3/b42-36-. The minimum atomic E-state index is 0.961. The smallest absolute Gasteiger partial charge is 0.0781 e. The van der Waals surface area contributed by atoms with Gasteiger partial charge in [-0.3, -0.25) is 9.97 Å². The van der Waals surface area contributed by atoms with Crippen molar-refractivity contribution < 1.29 is 0 Å². The first-order valence-corrected chi connectivity index (χ1v) is 15.3. The van der Waals surface area contributed by atoms with Crippen LogP contribution in [0.25, 0.3) is 66.9 Å². The zero-order chi connectivity index (χ0) is 30.3. The van der Waals surface area contributed by atoms with Crippen molar-refractivity contribution in [3.8, 4) is 22.4 Å². The van der Waals surface area contributed by atoms with Gasteiger partial charge in [0.05, 0.1) is 5.69 Å². The third-order valence-electron chi connectivity index (χ3n) is 8.95. The van der Waals surface area contributed by atoms with E-state index in [1.54, 1.807) is 0 Å². The Hall–Kier alpha value is -5.86. The fraction of sp³-hybridized carbons (Fsp3) is 0.0233. The van der Waals surface area contributed by atoms with Crippen molar-refractivity contribution >= 4 is 44.5 Å². The van der Waals surface area contributed by atoms with E-state index in [1.165, 1.54) is 44.0 Å². The van der Waals surface area contributed by atoms with Crippen molar-refractivity contribution in [1.29, 1.82) is 0 Å². The molecule has 0 fully saturated rings. The van der Waals surface area contributed by atoms with Crippen LogP contribution in [-0.2, 0) is 0 Å². The van der Waals surface area contributed by atoms with Crippen LogP contribution >= 0.6 is 0 Å². The van der Waals surface area contributed by atoms with Gasteiger partial charge >= 0.3 is 0 Å². The SMILES string of the molecule is C=c1/c(=C(/c2ccc(-c3nccc4cnccc34)cc2)c2ccccc2C)ccc2c(-c3cccc4ccccc34)cccc12. The third-order valence-corrected chi connectivity index (χ3v) is 8.95. The van der Waals surface area contributed by atoms with E-state index in [0.717, 1.165) is 43.4 Å². The number of benzene rings is 6. The lowest BCUT2D eigenvalue weighted by Crippen LogP contribution is -2.27. The van der Waals surface area contributed by atoms with E-state index in [9.17, 15) is 0 Å². The lowest BCUT2D eigenvalue weighted by molar-refractivity contribution is 1.32. The lowest BCUT2D eigenvalue weighted by Gasteiger charge is -2.15. The average molecular weight is 575 g/mol. The summed E-state index contributed by atoms with van der Waals surface area (Å²) < 4.78 is 0. The van der Waals surface area contributed by atoms with Gasteiger partial charge < -0.3 is 0 Å². The van der Waals surface area contributed by atoms with Crippen molar-refractivity contribution in [2.45, 2.75) is 6.92 Å². The van der Waals surface area contributed by atoms with E-state index < -0.39 is 0 Å². The molecule has 0 aliphatic heterocycles. The molecule has 0 radical (unpaired) electrons. The molecule has 0 saturated heterocycles. The molecule has 0 atom stereocenters. The number of pyridine rings is 2. The summed E-state index contributed by atoms with van der Waals surface area (Å²) in [4.78, 5) is 9.03. The Morgan fingerprint density at radius 2 is 1.29 bits per heavy atom. The molecule has 8 rings (SSSR count). The quantitative estimate of drug-likeness (QED) is 0.209. The van der Waals surface area contributed by atoms with Crippen LogP contribution in [0.1, 0.15) is 16.7 Å². The summed E-state index contributed by atoms with van der Waals surface area (Å²) in [6.07, 6.45) is 5.57. The van der Waals surface area contributed by atoms with Crippen LogP contribution in [0.3, 0.4) is 0 Å². The molecule has 8 aromatic rings. The highest BCUT2D eigenvalue weighted by Crippen LogP contribution is 2.33. The summed E-state index contributed by atoms with van der Waals surface area (Å²) >= 11 is 0. The van der Waals surface area contributed by atoms with E-state index in [4.69, 9.17) is 11.6 Å². The molecule has 0 aliphatic carbocycles. The predicted molar refractivity (Wildman–Crippen MR) is 189 cm³/mol. The number of hydrogen-bond acceptors (Lipinski definition) is 2. The summed E-state index contributed by atoms with van der Waals surface area (Å²) in [5, 5.41) is 9.21. The Morgan fingerprint density at radius 1 is 0.556 bits per heavy atom. The van der Waals surface area contributed by atoms with Gasteiger partial charge in [-0.25, -0.2) is 0 Å². The Kier molecular flexibility index (Phi) is 6.54. The first kappa shape index (κ1) is 26.7. The topological polar surface area (TPSA) is 25.8 Å². The maximum absolute atomic E-state index is 4.74. The zero-order valence-electron chi connectivity index (χ0n) is 25.0. The number of fused-ring (bicyclic) bond motifs is 3. The average Bonchev–Trinajstić information content (AvgIpc) is 3.10. The molecule has 0 saturated carbocycles.